The van der Waals surface area contributed by atoms with Crippen LogP contribution in [0.25, 0.3) is 5.69 Å². The van der Waals surface area contributed by atoms with Crippen molar-refractivity contribution in [2.75, 3.05) is 7.05 Å². The van der Waals surface area contributed by atoms with Gasteiger partial charge in [0.05, 0.1) is 5.69 Å². The fraction of sp³-hybridized carbons (Fsp3) is 0.421. The Morgan fingerprint density at radius 3 is 2.38 bits per heavy atom. The molecular formula is C19H22FN3O3. The molecule has 0 spiro atoms. The van der Waals surface area contributed by atoms with E-state index in [4.69, 9.17) is 0 Å². The number of halogens is 1. The maximum absolute atomic E-state index is 13.1. The van der Waals surface area contributed by atoms with Gasteiger partial charge in [-0.3, -0.25) is 4.79 Å². The summed E-state index contributed by atoms with van der Waals surface area (Å²) in [5.41, 5.74) is 0.300. The van der Waals surface area contributed by atoms with Crippen LogP contribution in [0.4, 0.5) is 4.39 Å². The third-order valence-electron chi connectivity index (χ3n) is 5.22. The molecule has 1 fully saturated rings. The van der Waals surface area contributed by atoms with Gasteiger partial charge in [0, 0.05) is 18.8 Å². The Morgan fingerprint density at radius 2 is 1.81 bits per heavy atom. The molecule has 1 aromatic heterocycles. The average molecular weight is 359 g/mol. The van der Waals surface area contributed by atoms with Crippen molar-refractivity contribution in [2.45, 2.75) is 44.6 Å². The largest absolute Gasteiger partial charge is 0.479 e. The van der Waals surface area contributed by atoms with Gasteiger partial charge in [-0.1, -0.05) is 19.3 Å². The molecule has 1 aliphatic rings. The Bertz CT molecular complexity index is 823. The van der Waals surface area contributed by atoms with Gasteiger partial charge >= 0.3 is 5.97 Å². The van der Waals surface area contributed by atoms with Crippen molar-refractivity contribution in [1.29, 1.82) is 0 Å². The molecule has 3 rings (SSSR count). The second-order valence-corrected chi connectivity index (χ2v) is 6.84. The number of hydrogen-bond acceptors (Lipinski definition) is 3. The summed E-state index contributed by atoms with van der Waals surface area (Å²) in [7, 11) is 1.54. The highest BCUT2D eigenvalue weighted by Gasteiger charge is 2.46. The van der Waals surface area contributed by atoms with Crippen LogP contribution in [0.1, 0.15) is 48.2 Å². The van der Waals surface area contributed by atoms with Crippen molar-refractivity contribution in [3.05, 3.63) is 47.5 Å². The van der Waals surface area contributed by atoms with E-state index in [0.717, 1.165) is 19.3 Å². The topological polar surface area (TPSA) is 75.4 Å². The SMILES string of the molecule is Cc1cn(-c2ccc(F)cc2)nc1C(=O)N(C)C1(C(=O)O)CCCCC1. The van der Waals surface area contributed by atoms with E-state index in [9.17, 15) is 19.1 Å². The molecule has 138 valence electrons. The van der Waals surface area contributed by atoms with Gasteiger partial charge in [0.2, 0.25) is 0 Å². The second kappa shape index (κ2) is 6.90. The molecule has 1 amide bonds. The third-order valence-corrected chi connectivity index (χ3v) is 5.22. The summed E-state index contributed by atoms with van der Waals surface area (Å²) in [6.07, 6.45) is 5.13. The van der Waals surface area contributed by atoms with Gasteiger partial charge in [0.25, 0.3) is 5.91 Å². The van der Waals surface area contributed by atoms with Gasteiger partial charge in [0.15, 0.2) is 5.69 Å². The Morgan fingerprint density at radius 1 is 1.19 bits per heavy atom. The number of carbonyl (C=O) groups is 2. The Kier molecular flexibility index (Phi) is 4.80. The molecule has 0 unspecified atom stereocenters. The molecule has 0 atom stereocenters. The van der Waals surface area contributed by atoms with E-state index < -0.39 is 17.4 Å². The summed E-state index contributed by atoms with van der Waals surface area (Å²) in [4.78, 5) is 26.3. The van der Waals surface area contributed by atoms with Crippen LogP contribution < -0.4 is 0 Å². The lowest BCUT2D eigenvalue weighted by atomic mass is 9.80. The highest BCUT2D eigenvalue weighted by molar-refractivity contribution is 5.97. The summed E-state index contributed by atoms with van der Waals surface area (Å²) >= 11 is 0. The van der Waals surface area contributed by atoms with E-state index in [1.54, 1.807) is 25.3 Å². The van der Waals surface area contributed by atoms with Gasteiger partial charge < -0.3 is 10.0 Å². The number of aryl methyl sites for hydroxylation is 1. The standard InChI is InChI=1S/C19H22FN3O3/c1-13-12-23(15-8-6-14(20)7-9-15)21-16(13)17(24)22(2)19(18(25)26)10-4-3-5-11-19/h6-9,12H,3-5,10-11H2,1-2H3,(H,25,26). The van der Waals surface area contributed by atoms with Crippen LogP contribution in [0.3, 0.4) is 0 Å². The Labute approximate surface area is 151 Å². The minimum Gasteiger partial charge on any atom is -0.479 e. The maximum atomic E-state index is 13.1. The zero-order valence-corrected chi connectivity index (χ0v) is 14.9. The summed E-state index contributed by atoms with van der Waals surface area (Å²) in [6, 6.07) is 5.78. The number of benzene rings is 1. The highest BCUT2D eigenvalue weighted by atomic mass is 19.1. The molecule has 1 heterocycles. The lowest BCUT2D eigenvalue weighted by molar-refractivity contribution is -0.151. The van der Waals surface area contributed by atoms with E-state index in [2.05, 4.69) is 5.10 Å². The van der Waals surface area contributed by atoms with E-state index in [1.807, 2.05) is 0 Å². The smallest absolute Gasteiger partial charge is 0.329 e. The van der Waals surface area contributed by atoms with Crippen LogP contribution in [-0.2, 0) is 4.79 Å². The predicted molar refractivity (Wildman–Crippen MR) is 93.8 cm³/mol. The highest BCUT2D eigenvalue weighted by Crippen LogP contribution is 2.34. The number of likely N-dealkylation sites (N-methyl/N-ethyl adjacent to an activating group) is 1. The first-order chi connectivity index (χ1) is 12.3. The normalized spacial score (nSPS) is 16.3. The lowest BCUT2D eigenvalue weighted by Crippen LogP contribution is -2.56. The number of aliphatic carboxylic acids is 1. The first-order valence-corrected chi connectivity index (χ1v) is 8.69. The molecule has 2 aromatic rings. The van der Waals surface area contributed by atoms with Crippen LogP contribution in [0.2, 0.25) is 0 Å². The van der Waals surface area contributed by atoms with Gasteiger partial charge in [0.1, 0.15) is 11.4 Å². The zero-order valence-electron chi connectivity index (χ0n) is 14.9. The van der Waals surface area contributed by atoms with Crippen LogP contribution in [0.15, 0.2) is 30.5 Å². The molecule has 1 N–H and O–H groups in total. The number of aromatic nitrogens is 2. The molecule has 1 saturated carbocycles. The van der Waals surface area contributed by atoms with Crippen LogP contribution in [0, 0.1) is 12.7 Å². The number of hydrogen-bond donors (Lipinski definition) is 1. The van der Waals surface area contributed by atoms with Gasteiger partial charge in [-0.15, -0.1) is 0 Å². The quantitative estimate of drug-likeness (QED) is 0.910. The zero-order chi connectivity index (χ0) is 18.9. The number of rotatable bonds is 4. The number of carboxylic acid groups (broad SMARTS) is 1. The Hall–Kier alpha value is -2.70. The monoisotopic (exact) mass is 359 g/mol. The molecule has 0 aliphatic heterocycles. The second-order valence-electron chi connectivity index (χ2n) is 6.84. The van der Waals surface area contributed by atoms with Crippen molar-refractivity contribution in [2.24, 2.45) is 0 Å². The van der Waals surface area contributed by atoms with Crippen molar-refractivity contribution in [1.82, 2.24) is 14.7 Å². The van der Waals surface area contributed by atoms with Crippen molar-refractivity contribution >= 4 is 11.9 Å². The molecule has 0 bridgehead atoms. The molecule has 0 saturated heterocycles. The third kappa shape index (κ3) is 3.09. The van der Waals surface area contributed by atoms with Gasteiger partial charge in [-0.05, 0) is 44.0 Å². The number of carbonyl (C=O) groups excluding carboxylic acids is 1. The van der Waals surface area contributed by atoms with E-state index >= 15 is 0 Å². The van der Waals surface area contributed by atoms with Gasteiger partial charge in [-0.25, -0.2) is 13.9 Å². The maximum Gasteiger partial charge on any atom is 0.329 e. The van der Waals surface area contributed by atoms with E-state index in [-0.39, 0.29) is 11.5 Å². The predicted octanol–water partition coefficient (Wildman–Crippen LogP) is 3.18. The fourth-order valence-corrected chi connectivity index (χ4v) is 3.58. The Balaban J connectivity index is 1.92. The van der Waals surface area contributed by atoms with Crippen molar-refractivity contribution < 1.29 is 19.1 Å². The van der Waals surface area contributed by atoms with Crippen molar-refractivity contribution in [3.63, 3.8) is 0 Å². The molecule has 26 heavy (non-hydrogen) atoms. The van der Waals surface area contributed by atoms with Crippen LogP contribution in [-0.4, -0.2) is 44.3 Å². The first kappa shape index (κ1) is 18.1. The summed E-state index contributed by atoms with van der Waals surface area (Å²) in [6.45, 7) is 1.75. The summed E-state index contributed by atoms with van der Waals surface area (Å²) in [5, 5.41) is 14.1. The number of nitrogens with zero attached hydrogens (tertiary/aromatic N) is 3. The van der Waals surface area contributed by atoms with E-state index in [0.29, 0.717) is 24.1 Å². The molecule has 1 aliphatic carbocycles. The first-order valence-electron chi connectivity index (χ1n) is 8.69. The molecule has 7 heteroatoms. The number of amides is 1. The molecule has 6 nitrogen and oxygen atoms in total. The summed E-state index contributed by atoms with van der Waals surface area (Å²) in [5.74, 6) is -1.73. The van der Waals surface area contributed by atoms with Crippen LogP contribution in [0.5, 0.6) is 0 Å². The fourth-order valence-electron chi connectivity index (χ4n) is 3.58. The summed E-state index contributed by atoms with van der Waals surface area (Å²) < 4.78 is 14.6. The molecule has 0 radical (unpaired) electrons. The van der Waals surface area contributed by atoms with Crippen LogP contribution >= 0.6 is 0 Å². The average Bonchev–Trinajstić information content (AvgIpc) is 3.03. The molecule has 1 aromatic carbocycles. The van der Waals surface area contributed by atoms with Crippen molar-refractivity contribution in [3.8, 4) is 5.69 Å². The van der Waals surface area contributed by atoms with E-state index in [1.165, 1.54) is 28.8 Å². The minimum atomic E-state index is -1.18. The number of carboxylic acids is 1. The molecular weight excluding hydrogens is 337 g/mol. The van der Waals surface area contributed by atoms with Gasteiger partial charge in [-0.2, -0.15) is 5.10 Å². The lowest BCUT2D eigenvalue weighted by Gasteiger charge is -2.40. The minimum absolute atomic E-state index is 0.211.